The molecule has 0 unspecified atom stereocenters. The maximum absolute atomic E-state index is 4.29. The second-order valence-electron chi connectivity index (χ2n) is 4.32. The Hall–Kier alpha value is -0.410. The molecule has 78 valence electrons. The molecule has 1 aliphatic heterocycles. The van der Waals surface area contributed by atoms with Gasteiger partial charge < -0.3 is 5.32 Å². The van der Waals surface area contributed by atoms with Crippen LogP contribution in [0.25, 0.3) is 0 Å². The van der Waals surface area contributed by atoms with Crippen molar-refractivity contribution in [3.8, 4) is 0 Å². The molecule has 0 radical (unpaired) electrons. The lowest BCUT2D eigenvalue weighted by Crippen LogP contribution is -2.53. The predicted molar refractivity (Wildman–Crippen MR) is 60.8 cm³/mol. The summed E-state index contributed by atoms with van der Waals surface area (Å²) in [6, 6.07) is 0. The van der Waals surface area contributed by atoms with Crippen LogP contribution in [0.1, 0.15) is 30.3 Å². The van der Waals surface area contributed by atoms with E-state index in [0.29, 0.717) is 5.41 Å². The third-order valence-electron chi connectivity index (χ3n) is 3.48. The van der Waals surface area contributed by atoms with Crippen molar-refractivity contribution in [1.82, 2.24) is 10.3 Å². The van der Waals surface area contributed by atoms with Crippen LogP contribution < -0.4 is 5.32 Å². The van der Waals surface area contributed by atoms with Gasteiger partial charge in [-0.2, -0.15) is 0 Å². The Morgan fingerprint density at radius 3 is 2.79 bits per heavy atom. The fraction of sp³-hybridized carbons (Fsp3) is 0.727. The molecule has 1 N–H and O–H groups in total. The first kappa shape index (κ1) is 10.1. The van der Waals surface area contributed by atoms with Crippen LogP contribution in [-0.2, 0) is 6.42 Å². The van der Waals surface area contributed by atoms with E-state index in [4.69, 9.17) is 0 Å². The van der Waals surface area contributed by atoms with Gasteiger partial charge in [-0.15, -0.1) is 11.3 Å². The number of hydrogen-bond donors (Lipinski definition) is 1. The van der Waals surface area contributed by atoms with Crippen LogP contribution in [0, 0.1) is 12.3 Å². The van der Waals surface area contributed by atoms with Gasteiger partial charge in [0, 0.05) is 18.0 Å². The van der Waals surface area contributed by atoms with Crippen LogP contribution in [0.15, 0.2) is 5.51 Å². The molecule has 2 rings (SSSR count). The zero-order valence-electron chi connectivity index (χ0n) is 8.97. The van der Waals surface area contributed by atoms with E-state index in [9.17, 15) is 0 Å². The van der Waals surface area contributed by atoms with Crippen molar-refractivity contribution in [2.24, 2.45) is 5.41 Å². The molecular formula is C11H18N2S. The van der Waals surface area contributed by atoms with E-state index in [1.54, 1.807) is 11.3 Å². The van der Waals surface area contributed by atoms with E-state index < -0.39 is 0 Å². The van der Waals surface area contributed by atoms with Crippen LogP contribution in [0.2, 0.25) is 0 Å². The molecule has 0 saturated carbocycles. The summed E-state index contributed by atoms with van der Waals surface area (Å²) in [4.78, 5) is 5.77. The fourth-order valence-electron chi connectivity index (χ4n) is 2.03. The van der Waals surface area contributed by atoms with Crippen LogP contribution in [0.5, 0.6) is 0 Å². The number of thiazole rings is 1. The first-order valence-corrected chi connectivity index (χ1v) is 6.23. The molecule has 1 aromatic heterocycles. The molecule has 1 fully saturated rings. The second-order valence-corrected chi connectivity index (χ2v) is 5.26. The van der Waals surface area contributed by atoms with Gasteiger partial charge in [0.1, 0.15) is 0 Å². The Balaban J connectivity index is 1.90. The predicted octanol–water partition coefficient (Wildman–Crippen LogP) is 2.38. The summed E-state index contributed by atoms with van der Waals surface area (Å²) in [5.74, 6) is 0. The number of nitrogens with zero attached hydrogens (tertiary/aromatic N) is 1. The molecular weight excluding hydrogens is 192 g/mol. The molecule has 0 bridgehead atoms. The van der Waals surface area contributed by atoms with Crippen LogP contribution in [-0.4, -0.2) is 18.1 Å². The van der Waals surface area contributed by atoms with Crippen LogP contribution >= 0.6 is 11.3 Å². The number of nitrogens with one attached hydrogen (secondary N) is 1. The zero-order valence-corrected chi connectivity index (χ0v) is 9.78. The standard InChI is InChI=1S/C11H18N2S/c1-3-11(6-12-7-11)5-4-10-9(2)13-8-14-10/h8,12H,3-7H2,1-2H3. The Morgan fingerprint density at radius 2 is 2.36 bits per heavy atom. The molecule has 14 heavy (non-hydrogen) atoms. The lowest BCUT2D eigenvalue weighted by molar-refractivity contribution is 0.146. The Labute approximate surface area is 89.8 Å². The number of aryl methyl sites for hydroxylation is 2. The summed E-state index contributed by atoms with van der Waals surface area (Å²) in [6.45, 7) is 6.84. The smallest absolute Gasteiger partial charge is 0.0797 e. The van der Waals surface area contributed by atoms with Gasteiger partial charge in [0.05, 0.1) is 11.2 Å². The minimum Gasteiger partial charge on any atom is -0.316 e. The highest BCUT2D eigenvalue weighted by atomic mass is 32.1. The Morgan fingerprint density at radius 1 is 1.57 bits per heavy atom. The van der Waals surface area contributed by atoms with Crippen molar-refractivity contribution in [3.05, 3.63) is 16.1 Å². The van der Waals surface area contributed by atoms with E-state index in [2.05, 4.69) is 24.1 Å². The molecule has 0 amide bonds. The highest BCUT2D eigenvalue weighted by molar-refractivity contribution is 7.09. The largest absolute Gasteiger partial charge is 0.316 e. The summed E-state index contributed by atoms with van der Waals surface area (Å²) < 4.78 is 0. The number of hydrogen-bond acceptors (Lipinski definition) is 3. The van der Waals surface area contributed by atoms with E-state index in [1.165, 1.54) is 42.9 Å². The van der Waals surface area contributed by atoms with E-state index in [1.807, 2.05) is 5.51 Å². The van der Waals surface area contributed by atoms with Gasteiger partial charge in [-0.25, -0.2) is 4.98 Å². The molecule has 2 nitrogen and oxygen atoms in total. The van der Waals surface area contributed by atoms with Gasteiger partial charge in [-0.05, 0) is 31.6 Å². The fourth-order valence-corrected chi connectivity index (χ4v) is 2.81. The van der Waals surface area contributed by atoms with Crippen molar-refractivity contribution >= 4 is 11.3 Å². The number of aromatic nitrogens is 1. The molecule has 0 atom stereocenters. The summed E-state index contributed by atoms with van der Waals surface area (Å²) >= 11 is 1.80. The van der Waals surface area contributed by atoms with Crippen LogP contribution in [0.3, 0.4) is 0 Å². The lowest BCUT2D eigenvalue weighted by Gasteiger charge is -2.42. The first-order chi connectivity index (χ1) is 6.76. The number of rotatable bonds is 4. The normalized spacial score (nSPS) is 19.3. The van der Waals surface area contributed by atoms with Crippen molar-refractivity contribution in [3.63, 3.8) is 0 Å². The monoisotopic (exact) mass is 210 g/mol. The third-order valence-corrected chi connectivity index (χ3v) is 4.47. The molecule has 0 spiro atoms. The van der Waals surface area contributed by atoms with Crippen molar-refractivity contribution in [1.29, 1.82) is 0 Å². The molecule has 0 aliphatic carbocycles. The highest BCUT2D eigenvalue weighted by Gasteiger charge is 2.34. The van der Waals surface area contributed by atoms with Gasteiger partial charge in [0.2, 0.25) is 0 Å². The van der Waals surface area contributed by atoms with E-state index in [0.717, 1.165) is 0 Å². The molecule has 2 heterocycles. The average molecular weight is 210 g/mol. The zero-order chi connectivity index (χ0) is 10.0. The van der Waals surface area contributed by atoms with E-state index >= 15 is 0 Å². The maximum Gasteiger partial charge on any atom is 0.0797 e. The van der Waals surface area contributed by atoms with Gasteiger partial charge >= 0.3 is 0 Å². The average Bonchev–Trinajstić information content (AvgIpc) is 2.51. The molecule has 1 aliphatic rings. The Bertz CT molecular complexity index is 296. The maximum atomic E-state index is 4.29. The summed E-state index contributed by atoms with van der Waals surface area (Å²) in [6.07, 6.45) is 3.84. The summed E-state index contributed by atoms with van der Waals surface area (Å²) in [5, 5.41) is 3.39. The van der Waals surface area contributed by atoms with Gasteiger partial charge in [-0.1, -0.05) is 6.92 Å². The summed E-state index contributed by atoms with van der Waals surface area (Å²) in [7, 11) is 0. The van der Waals surface area contributed by atoms with Gasteiger partial charge in [0.15, 0.2) is 0 Å². The molecule has 1 aromatic rings. The molecule has 0 aromatic carbocycles. The van der Waals surface area contributed by atoms with Gasteiger partial charge in [0.25, 0.3) is 0 Å². The summed E-state index contributed by atoms with van der Waals surface area (Å²) in [5.41, 5.74) is 3.78. The first-order valence-electron chi connectivity index (χ1n) is 5.35. The second kappa shape index (κ2) is 3.99. The minimum absolute atomic E-state index is 0.594. The molecule has 1 saturated heterocycles. The quantitative estimate of drug-likeness (QED) is 0.825. The SMILES string of the molecule is CCC1(CCc2scnc2C)CNC1. The Kier molecular flexibility index (Phi) is 2.88. The molecule has 3 heteroatoms. The van der Waals surface area contributed by atoms with Crippen LogP contribution in [0.4, 0.5) is 0 Å². The van der Waals surface area contributed by atoms with Gasteiger partial charge in [-0.3, -0.25) is 0 Å². The topological polar surface area (TPSA) is 24.9 Å². The van der Waals surface area contributed by atoms with Crippen molar-refractivity contribution < 1.29 is 0 Å². The van der Waals surface area contributed by atoms with E-state index in [-0.39, 0.29) is 0 Å². The third kappa shape index (κ3) is 1.84. The highest BCUT2D eigenvalue weighted by Crippen LogP contribution is 2.33. The lowest BCUT2D eigenvalue weighted by atomic mass is 9.75. The minimum atomic E-state index is 0.594. The van der Waals surface area contributed by atoms with Crippen molar-refractivity contribution in [2.75, 3.05) is 13.1 Å². The van der Waals surface area contributed by atoms with Crippen molar-refractivity contribution in [2.45, 2.75) is 33.1 Å².